The van der Waals surface area contributed by atoms with E-state index in [1.54, 1.807) is 30.3 Å². The second kappa shape index (κ2) is 10.2. The average Bonchev–Trinajstić information content (AvgIpc) is 2.80. The zero-order chi connectivity index (χ0) is 23.1. The molecule has 0 heterocycles. The van der Waals surface area contributed by atoms with Gasteiger partial charge in [-0.3, -0.25) is 4.79 Å². The monoisotopic (exact) mass is 474 g/mol. The Kier molecular flexibility index (Phi) is 7.34. The molecule has 8 nitrogen and oxygen atoms in total. The molecule has 0 unspecified atom stereocenters. The fraction of sp³-hybridized carbons (Fsp3) is 0.0909. The van der Waals surface area contributed by atoms with Crippen LogP contribution in [0.1, 0.15) is 15.9 Å². The molecule has 3 aromatic rings. The largest absolute Gasteiger partial charge is 0.497 e. The number of rotatable bonds is 8. The van der Waals surface area contributed by atoms with E-state index in [-0.39, 0.29) is 16.4 Å². The van der Waals surface area contributed by atoms with Crippen LogP contribution in [0.15, 0.2) is 76.7 Å². The van der Waals surface area contributed by atoms with E-state index in [9.17, 15) is 13.2 Å². The van der Waals surface area contributed by atoms with E-state index >= 15 is 0 Å². The summed E-state index contributed by atoms with van der Waals surface area (Å²) >= 11 is 5.80. The number of nitrogens with one attached hydrogen (secondary N) is 1. The first-order chi connectivity index (χ1) is 15.3. The van der Waals surface area contributed by atoms with Gasteiger partial charge in [0.25, 0.3) is 5.91 Å². The number of nitrogens with zero attached hydrogens (tertiary/aromatic N) is 1. The molecular formula is C22H19ClN2O6S. The summed E-state index contributed by atoms with van der Waals surface area (Å²) in [5.74, 6) is 0.296. The predicted octanol–water partition coefficient (Wildman–Crippen LogP) is 3.89. The standard InChI is InChI=1S/C22H19ClN2O6S/c1-29-18-8-10-19(11-9-18)32(27,28)31-20-12-3-15(13-21(20)30-2)14-24-25-22(26)16-4-6-17(23)7-5-16/h3-14H,1-2H3,(H,25,26)/b24-14-. The second-order valence-corrected chi connectivity index (χ2v) is 8.31. The van der Waals surface area contributed by atoms with Gasteiger partial charge >= 0.3 is 10.1 Å². The minimum Gasteiger partial charge on any atom is -0.497 e. The number of hydrazone groups is 1. The van der Waals surface area contributed by atoms with Crippen molar-refractivity contribution in [3.8, 4) is 17.2 Å². The Labute approximate surface area is 190 Å². The lowest BCUT2D eigenvalue weighted by molar-refractivity contribution is 0.0955. The number of methoxy groups -OCH3 is 2. The molecule has 0 saturated heterocycles. The molecule has 1 N–H and O–H groups in total. The summed E-state index contributed by atoms with van der Waals surface area (Å²) in [7, 11) is -1.22. The predicted molar refractivity (Wildman–Crippen MR) is 120 cm³/mol. The third-order valence-electron chi connectivity index (χ3n) is 4.22. The van der Waals surface area contributed by atoms with Gasteiger partial charge in [0.2, 0.25) is 0 Å². The molecule has 3 aromatic carbocycles. The molecule has 0 aliphatic heterocycles. The van der Waals surface area contributed by atoms with Crippen LogP contribution in [0.3, 0.4) is 0 Å². The lowest BCUT2D eigenvalue weighted by atomic mass is 10.2. The van der Waals surface area contributed by atoms with Gasteiger partial charge in [-0.15, -0.1) is 0 Å². The molecular weight excluding hydrogens is 456 g/mol. The van der Waals surface area contributed by atoms with Crippen molar-refractivity contribution < 1.29 is 26.9 Å². The summed E-state index contributed by atoms with van der Waals surface area (Å²) in [5.41, 5.74) is 3.35. The van der Waals surface area contributed by atoms with E-state index in [0.717, 1.165) is 0 Å². The Morgan fingerprint density at radius 2 is 1.62 bits per heavy atom. The molecule has 3 rings (SSSR count). The summed E-state index contributed by atoms with van der Waals surface area (Å²) in [6, 6.07) is 16.7. The molecule has 10 heteroatoms. The third-order valence-corrected chi connectivity index (χ3v) is 5.72. The van der Waals surface area contributed by atoms with Crippen LogP contribution in [0.5, 0.6) is 17.2 Å². The van der Waals surface area contributed by atoms with E-state index in [1.165, 1.54) is 56.8 Å². The van der Waals surface area contributed by atoms with Gasteiger partial charge in [0.15, 0.2) is 11.5 Å². The van der Waals surface area contributed by atoms with Crippen LogP contribution in [0.4, 0.5) is 0 Å². The van der Waals surface area contributed by atoms with Gasteiger partial charge in [-0.1, -0.05) is 11.6 Å². The Balaban J connectivity index is 1.71. The molecule has 0 aliphatic rings. The van der Waals surface area contributed by atoms with E-state index in [0.29, 0.717) is 21.9 Å². The normalized spacial score (nSPS) is 11.2. The van der Waals surface area contributed by atoms with Crippen molar-refractivity contribution in [3.05, 3.63) is 82.9 Å². The number of benzene rings is 3. The summed E-state index contributed by atoms with van der Waals surface area (Å²) < 4.78 is 40.6. The number of hydrogen-bond donors (Lipinski definition) is 1. The first-order valence-corrected chi connectivity index (χ1v) is 11.0. The first-order valence-electron chi connectivity index (χ1n) is 9.18. The number of hydrogen-bond acceptors (Lipinski definition) is 7. The molecule has 0 aromatic heterocycles. The lowest BCUT2D eigenvalue weighted by Crippen LogP contribution is -2.17. The highest BCUT2D eigenvalue weighted by Gasteiger charge is 2.19. The SMILES string of the molecule is COc1ccc(S(=O)(=O)Oc2ccc(/C=N\NC(=O)c3ccc(Cl)cc3)cc2OC)cc1. The van der Waals surface area contributed by atoms with Gasteiger partial charge in [-0.05, 0) is 72.3 Å². The van der Waals surface area contributed by atoms with Crippen LogP contribution in [0.25, 0.3) is 0 Å². The Morgan fingerprint density at radius 3 is 2.25 bits per heavy atom. The smallest absolute Gasteiger partial charge is 0.339 e. The highest BCUT2D eigenvalue weighted by molar-refractivity contribution is 7.87. The maximum atomic E-state index is 12.6. The van der Waals surface area contributed by atoms with Crippen molar-refractivity contribution in [3.63, 3.8) is 0 Å². The maximum absolute atomic E-state index is 12.6. The van der Waals surface area contributed by atoms with Crippen LogP contribution >= 0.6 is 11.6 Å². The third kappa shape index (κ3) is 5.77. The minimum atomic E-state index is -4.08. The molecule has 0 atom stereocenters. The van der Waals surface area contributed by atoms with Crippen molar-refractivity contribution >= 4 is 33.8 Å². The Morgan fingerprint density at radius 1 is 0.938 bits per heavy atom. The van der Waals surface area contributed by atoms with Gasteiger partial charge < -0.3 is 13.7 Å². The molecule has 0 saturated carbocycles. The van der Waals surface area contributed by atoms with Crippen LogP contribution < -0.4 is 19.1 Å². The van der Waals surface area contributed by atoms with Gasteiger partial charge in [0, 0.05) is 10.6 Å². The Bertz CT molecular complexity index is 1230. The minimum absolute atomic E-state index is 0.00525. The molecule has 32 heavy (non-hydrogen) atoms. The zero-order valence-corrected chi connectivity index (χ0v) is 18.7. The van der Waals surface area contributed by atoms with E-state index in [1.807, 2.05) is 0 Å². The van der Waals surface area contributed by atoms with Gasteiger partial charge in [0.1, 0.15) is 10.6 Å². The van der Waals surface area contributed by atoms with Crippen LogP contribution in [-0.4, -0.2) is 34.8 Å². The molecule has 0 aliphatic carbocycles. The number of halogens is 1. The van der Waals surface area contributed by atoms with Crippen LogP contribution in [-0.2, 0) is 10.1 Å². The van der Waals surface area contributed by atoms with Crippen molar-refractivity contribution in [2.75, 3.05) is 14.2 Å². The highest BCUT2D eigenvalue weighted by atomic mass is 35.5. The number of carbonyl (C=O) groups is 1. The van der Waals surface area contributed by atoms with Crippen LogP contribution in [0, 0.1) is 0 Å². The summed E-state index contributed by atoms with van der Waals surface area (Å²) in [6.45, 7) is 0. The summed E-state index contributed by atoms with van der Waals surface area (Å²) in [4.78, 5) is 12.0. The Hall–Kier alpha value is -3.56. The van der Waals surface area contributed by atoms with Crippen LogP contribution in [0.2, 0.25) is 5.02 Å². The highest BCUT2D eigenvalue weighted by Crippen LogP contribution is 2.30. The zero-order valence-electron chi connectivity index (χ0n) is 17.1. The van der Waals surface area contributed by atoms with Crippen molar-refractivity contribution in [1.82, 2.24) is 5.43 Å². The van der Waals surface area contributed by atoms with E-state index in [4.69, 9.17) is 25.3 Å². The molecule has 0 radical (unpaired) electrons. The van der Waals surface area contributed by atoms with Crippen molar-refractivity contribution in [2.45, 2.75) is 4.90 Å². The fourth-order valence-corrected chi connectivity index (χ4v) is 3.64. The average molecular weight is 475 g/mol. The van der Waals surface area contributed by atoms with Gasteiger partial charge in [-0.2, -0.15) is 13.5 Å². The summed E-state index contributed by atoms with van der Waals surface area (Å²) in [6.07, 6.45) is 1.39. The number of carbonyl (C=O) groups excluding carboxylic acids is 1. The van der Waals surface area contributed by atoms with Crippen molar-refractivity contribution in [1.29, 1.82) is 0 Å². The lowest BCUT2D eigenvalue weighted by Gasteiger charge is -2.11. The number of amides is 1. The molecule has 0 spiro atoms. The second-order valence-electron chi connectivity index (χ2n) is 6.33. The molecule has 0 fully saturated rings. The van der Waals surface area contributed by atoms with Crippen molar-refractivity contribution in [2.24, 2.45) is 5.10 Å². The quantitative estimate of drug-likeness (QED) is 0.302. The molecule has 0 bridgehead atoms. The van der Waals surface area contributed by atoms with Gasteiger partial charge in [0.05, 0.1) is 20.4 Å². The van der Waals surface area contributed by atoms with E-state index < -0.39 is 16.0 Å². The topological polar surface area (TPSA) is 103 Å². The fourth-order valence-electron chi connectivity index (χ4n) is 2.57. The molecule has 166 valence electrons. The number of ether oxygens (including phenoxy) is 2. The maximum Gasteiger partial charge on any atom is 0.339 e. The summed E-state index contributed by atoms with van der Waals surface area (Å²) in [5, 5.41) is 4.42. The molecule has 1 amide bonds. The van der Waals surface area contributed by atoms with Gasteiger partial charge in [-0.25, -0.2) is 5.43 Å². The first kappa shape index (κ1) is 23.1. The van der Waals surface area contributed by atoms with E-state index in [2.05, 4.69) is 10.5 Å².